The van der Waals surface area contributed by atoms with Gasteiger partial charge in [0.25, 0.3) is 5.91 Å². The van der Waals surface area contributed by atoms with Crippen LogP contribution < -0.4 is 0 Å². The Kier molecular flexibility index (Phi) is 4.45. The van der Waals surface area contributed by atoms with Crippen LogP contribution in [0.15, 0.2) is 30.3 Å². The van der Waals surface area contributed by atoms with Crippen molar-refractivity contribution in [3.8, 4) is 5.75 Å². The topological polar surface area (TPSA) is 79.5 Å². The highest BCUT2D eigenvalue weighted by atomic mass is 19.2. The van der Waals surface area contributed by atoms with Gasteiger partial charge in [0.05, 0.1) is 10.9 Å². The van der Waals surface area contributed by atoms with Gasteiger partial charge in [-0.3, -0.25) is 14.2 Å². The minimum atomic E-state index is -1.60. The van der Waals surface area contributed by atoms with E-state index in [1.165, 1.54) is 26.8 Å². The number of aliphatic carboxylic acids is 1. The van der Waals surface area contributed by atoms with Crippen LogP contribution in [0.1, 0.15) is 35.5 Å². The molecule has 0 atom stereocenters. The Balaban J connectivity index is 2.40. The Morgan fingerprint density at radius 1 is 1.04 bits per heavy atom. The van der Waals surface area contributed by atoms with Gasteiger partial charge in [0.1, 0.15) is 0 Å². The maximum absolute atomic E-state index is 14.8. The highest BCUT2D eigenvalue weighted by molar-refractivity contribution is 6.06. The third kappa shape index (κ3) is 2.72. The van der Waals surface area contributed by atoms with Crippen LogP contribution in [0.3, 0.4) is 0 Å². The summed E-state index contributed by atoms with van der Waals surface area (Å²) >= 11 is 0. The first-order valence-electron chi connectivity index (χ1n) is 8.24. The van der Waals surface area contributed by atoms with E-state index >= 15 is 0 Å². The third-order valence-corrected chi connectivity index (χ3v) is 4.82. The largest absolute Gasteiger partial charge is 0.505 e. The zero-order valence-corrected chi connectivity index (χ0v) is 15.2. The SMILES string of the molecule is Cc1c(C(C)(C)C(=O)O)c2c(F)c(O)ccc2n1C(=O)c1ccc(F)c(F)c1. The number of hydrogen-bond acceptors (Lipinski definition) is 3. The van der Waals surface area contributed by atoms with E-state index in [9.17, 15) is 33.0 Å². The molecule has 0 aliphatic rings. The van der Waals surface area contributed by atoms with Gasteiger partial charge in [0.2, 0.25) is 0 Å². The maximum Gasteiger partial charge on any atom is 0.313 e. The Morgan fingerprint density at radius 2 is 1.68 bits per heavy atom. The van der Waals surface area contributed by atoms with Crippen molar-refractivity contribution in [1.29, 1.82) is 0 Å². The number of halogens is 3. The smallest absolute Gasteiger partial charge is 0.313 e. The normalized spacial score (nSPS) is 11.8. The van der Waals surface area contributed by atoms with Crippen molar-refractivity contribution in [2.24, 2.45) is 0 Å². The fourth-order valence-corrected chi connectivity index (χ4v) is 3.34. The standard InChI is InChI=1S/C20H16F3NO4/c1-9-16(20(2,3)19(27)28)15-13(6-7-14(25)17(15)23)24(9)18(26)10-4-5-11(21)12(22)8-10/h4-8,25H,1-3H3,(H,27,28). The lowest BCUT2D eigenvalue weighted by Gasteiger charge is -2.20. The summed E-state index contributed by atoms with van der Waals surface area (Å²) in [6.07, 6.45) is 0. The van der Waals surface area contributed by atoms with E-state index in [0.29, 0.717) is 6.07 Å². The molecular weight excluding hydrogens is 375 g/mol. The fraction of sp³-hybridized carbons (Fsp3) is 0.200. The molecule has 3 rings (SSSR count). The Labute approximate surface area is 157 Å². The summed E-state index contributed by atoms with van der Waals surface area (Å²) in [5.74, 6) is -6.19. The lowest BCUT2D eigenvalue weighted by molar-refractivity contribution is -0.142. The summed E-state index contributed by atoms with van der Waals surface area (Å²) in [4.78, 5) is 24.8. The van der Waals surface area contributed by atoms with Gasteiger partial charge in [0.15, 0.2) is 23.2 Å². The molecule has 0 radical (unpaired) electrons. The molecule has 5 nitrogen and oxygen atoms in total. The summed E-state index contributed by atoms with van der Waals surface area (Å²) in [5, 5.41) is 19.1. The van der Waals surface area contributed by atoms with Crippen LogP contribution in [0.25, 0.3) is 10.9 Å². The molecule has 146 valence electrons. The molecule has 0 aliphatic heterocycles. The Morgan fingerprint density at radius 3 is 2.25 bits per heavy atom. The molecule has 0 spiro atoms. The predicted octanol–water partition coefficient (Wildman–Crippen LogP) is 4.12. The average Bonchev–Trinajstić information content (AvgIpc) is 2.93. The van der Waals surface area contributed by atoms with Crippen LogP contribution in [-0.4, -0.2) is 26.7 Å². The van der Waals surface area contributed by atoms with Crippen LogP contribution in [0.4, 0.5) is 13.2 Å². The van der Waals surface area contributed by atoms with E-state index in [4.69, 9.17) is 0 Å². The van der Waals surface area contributed by atoms with E-state index in [1.54, 1.807) is 0 Å². The monoisotopic (exact) mass is 391 g/mol. The molecule has 0 aliphatic carbocycles. The van der Waals surface area contributed by atoms with Gasteiger partial charge in [0, 0.05) is 22.2 Å². The van der Waals surface area contributed by atoms with Gasteiger partial charge in [-0.2, -0.15) is 0 Å². The van der Waals surface area contributed by atoms with Crippen molar-refractivity contribution in [3.05, 3.63) is 64.6 Å². The van der Waals surface area contributed by atoms with E-state index in [1.807, 2.05) is 0 Å². The van der Waals surface area contributed by atoms with Crippen LogP contribution in [0, 0.1) is 24.4 Å². The fourth-order valence-electron chi connectivity index (χ4n) is 3.34. The first-order chi connectivity index (χ1) is 13.0. The number of aromatic hydroxyl groups is 1. The molecule has 2 aromatic carbocycles. The number of carbonyl (C=O) groups excluding carboxylic acids is 1. The van der Waals surface area contributed by atoms with E-state index in [2.05, 4.69) is 0 Å². The number of carbonyl (C=O) groups is 2. The number of rotatable bonds is 3. The molecule has 3 aromatic rings. The lowest BCUT2D eigenvalue weighted by Crippen LogP contribution is -2.29. The number of hydrogen-bond donors (Lipinski definition) is 2. The number of aromatic nitrogens is 1. The van der Waals surface area contributed by atoms with Crippen molar-refractivity contribution in [2.45, 2.75) is 26.2 Å². The third-order valence-electron chi connectivity index (χ3n) is 4.82. The highest BCUT2D eigenvalue weighted by Gasteiger charge is 2.37. The lowest BCUT2D eigenvalue weighted by atomic mass is 9.82. The second-order valence-electron chi connectivity index (χ2n) is 6.95. The Hall–Kier alpha value is -3.29. The summed E-state index contributed by atoms with van der Waals surface area (Å²) in [5.41, 5.74) is -1.68. The number of carboxylic acids is 1. The maximum atomic E-state index is 14.8. The quantitative estimate of drug-likeness (QED) is 0.704. The second-order valence-corrected chi connectivity index (χ2v) is 6.95. The molecule has 0 saturated heterocycles. The molecule has 0 bridgehead atoms. The zero-order valence-electron chi connectivity index (χ0n) is 15.2. The number of benzene rings is 2. The van der Waals surface area contributed by atoms with Crippen LogP contribution in [0.2, 0.25) is 0 Å². The van der Waals surface area contributed by atoms with Crippen molar-refractivity contribution in [3.63, 3.8) is 0 Å². The first-order valence-corrected chi connectivity index (χ1v) is 8.24. The van der Waals surface area contributed by atoms with E-state index < -0.39 is 40.5 Å². The van der Waals surface area contributed by atoms with Crippen LogP contribution >= 0.6 is 0 Å². The number of phenols is 1. The van der Waals surface area contributed by atoms with Crippen molar-refractivity contribution in [1.82, 2.24) is 4.57 Å². The molecule has 28 heavy (non-hydrogen) atoms. The second kappa shape index (κ2) is 6.40. The van der Waals surface area contributed by atoms with Gasteiger partial charge < -0.3 is 10.2 Å². The van der Waals surface area contributed by atoms with Gasteiger partial charge in [-0.25, -0.2) is 13.2 Å². The number of nitrogens with zero attached hydrogens (tertiary/aromatic N) is 1. The van der Waals surface area contributed by atoms with Gasteiger partial charge in [-0.05, 0) is 51.1 Å². The van der Waals surface area contributed by atoms with Crippen molar-refractivity contribution in [2.75, 3.05) is 0 Å². The van der Waals surface area contributed by atoms with E-state index in [-0.39, 0.29) is 27.7 Å². The zero-order chi connectivity index (χ0) is 21.0. The predicted molar refractivity (Wildman–Crippen MR) is 95.0 cm³/mol. The van der Waals surface area contributed by atoms with Gasteiger partial charge in [-0.15, -0.1) is 0 Å². The highest BCUT2D eigenvalue weighted by Crippen LogP contribution is 2.39. The molecule has 1 aromatic heterocycles. The van der Waals surface area contributed by atoms with Crippen LogP contribution in [-0.2, 0) is 10.2 Å². The number of carboxylic acid groups (broad SMARTS) is 1. The molecule has 0 fully saturated rings. The number of phenolic OH excluding ortho intramolecular Hbond substituents is 1. The molecule has 0 amide bonds. The minimum absolute atomic E-state index is 0.000617. The summed E-state index contributed by atoms with van der Waals surface area (Å²) in [6.45, 7) is 4.11. The summed E-state index contributed by atoms with van der Waals surface area (Å²) < 4.78 is 42.6. The molecule has 8 heteroatoms. The average molecular weight is 391 g/mol. The first kappa shape index (κ1) is 19.5. The summed E-state index contributed by atoms with van der Waals surface area (Å²) in [7, 11) is 0. The van der Waals surface area contributed by atoms with Gasteiger partial charge >= 0.3 is 5.97 Å². The Bertz CT molecular complexity index is 1150. The molecular formula is C20H16F3NO4. The molecule has 0 unspecified atom stereocenters. The van der Waals surface area contributed by atoms with Gasteiger partial charge in [-0.1, -0.05) is 0 Å². The van der Waals surface area contributed by atoms with E-state index in [0.717, 1.165) is 22.8 Å². The molecule has 0 saturated carbocycles. The van der Waals surface area contributed by atoms with Crippen LogP contribution in [0.5, 0.6) is 5.75 Å². The van der Waals surface area contributed by atoms with Crippen molar-refractivity contribution >= 4 is 22.8 Å². The molecule has 2 N–H and O–H groups in total. The minimum Gasteiger partial charge on any atom is -0.505 e. The molecule has 1 heterocycles. The number of fused-ring (bicyclic) bond motifs is 1. The summed E-state index contributed by atoms with van der Waals surface area (Å²) in [6, 6.07) is 4.87. The van der Waals surface area contributed by atoms with Crippen molar-refractivity contribution < 1.29 is 33.0 Å².